The maximum absolute atomic E-state index is 12.9. The van der Waals surface area contributed by atoms with Gasteiger partial charge < -0.3 is 9.16 Å². The zero-order valence-electron chi connectivity index (χ0n) is 16.6. The lowest BCUT2D eigenvalue weighted by molar-refractivity contribution is 0.0896. The van der Waals surface area contributed by atoms with E-state index in [1.807, 2.05) is 49.4 Å². The van der Waals surface area contributed by atoms with Crippen molar-refractivity contribution >= 4 is 14.1 Å². The van der Waals surface area contributed by atoms with Gasteiger partial charge in [0, 0.05) is 0 Å². The Morgan fingerprint density at radius 3 is 2.35 bits per heavy atom. The maximum atomic E-state index is 12.9. The molecule has 138 valence electrons. The van der Waals surface area contributed by atoms with Crippen molar-refractivity contribution in [1.29, 1.82) is 0 Å². The normalized spacial score (nSPS) is 17.5. The van der Waals surface area contributed by atoms with Crippen LogP contribution < -0.4 is 9.16 Å². The Labute approximate surface area is 157 Å². The van der Waals surface area contributed by atoms with Crippen molar-refractivity contribution in [3.05, 3.63) is 59.2 Å². The number of hydrogen-bond acceptors (Lipinski definition) is 3. The van der Waals surface area contributed by atoms with E-state index >= 15 is 0 Å². The van der Waals surface area contributed by atoms with E-state index in [0.29, 0.717) is 17.9 Å². The van der Waals surface area contributed by atoms with Gasteiger partial charge in [0.2, 0.25) is 8.32 Å². The second-order valence-electron chi connectivity index (χ2n) is 8.66. The molecule has 1 heterocycles. The summed E-state index contributed by atoms with van der Waals surface area (Å²) in [5, 5.41) is 0.153. The Morgan fingerprint density at radius 1 is 1.08 bits per heavy atom. The zero-order chi connectivity index (χ0) is 19.1. The average Bonchev–Trinajstić information content (AvgIpc) is 2.55. The number of carbonyl (C=O) groups excluding carboxylic acids is 1. The predicted octanol–water partition coefficient (Wildman–Crippen LogP) is 5.74. The molecule has 3 rings (SSSR count). The molecule has 0 fully saturated rings. The van der Waals surface area contributed by atoms with Gasteiger partial charge in [-0.2, -0.15) is 0 Å². The SMILES string of the molecule is Cc1ccc2c(c1)OCC(c1ccc(O[Si](C)(C)C(C)(C)C)cc1)C2=O. The Hall–Kier alpha value is -2.07. The van der Waals surface area contributed by atoms with Crippen molar-refractivity contribution in [2.24, 2.45) is 0 Å². The number of aryl methyl sites for hydroxylation is 1. The van der Waals surface area contributed by atoms with Gasteiger partial charge in [-0.25, -0.2) is 0 Å². The quantitative estimate of drug-likeness (QED) is 0.648. The predicted molar refractivity (Wildman–Crippen MR) is 108 cm³/mol. The summed E-state index contributed by atoms with van der Waals surface area (Å²) >= 11 is 0. The van der Waals surface area contributed by atoms with Crippen molar-refractivity contribution in [3.63, 3.8) is 0 Å². The van der Waals surface area contributed by atoms with Crippen LogP contribution in [0.25, 0.3) is 0 Å². The Kier molecular flexibility index (Phi) is 4.74. The molecule has 4 heteroatoms. The molecule has 0 N–H and O–H groups in total. The van der Waals surface area contributed by atoms with Gasteiger partial charge in [0.15, 0.2) is 5.78 Å². The molecule has 1 aliphatic rings. The third-order valence-electron chi connectivity index (χ3n) is 5.59. The second kappa shape index (κ2) is 6.58. The monoisotopic (exact) mass is 368 g/mol. The molecule has 2 aromatic carbocycles. The van der Waals surface area contributed by atoms with Crippen LogP contribution >= 0.6 is 0 Å². The summed E-state index contributed by atoms with van der Waals surface area (Å²) in [6.45, 7) is 13.5. The van der Waals surface area contributed by atoms with Crippen LogP contribution in [0.2, 0.25) is 18.1 Å². The molecule has 2 aromatic rings. The van der Waals surface area contributed by atoms with Gasteiger partial charge in [0.1, 0.15) is 18.1 Å². The van der Waals surface area contributed by atoms with E-state index in [-0.39, 0.29) is 16.7 Å². The molecule has 1 unspecified atom stereocenters. The highest BCUT2D eigenvalue weighted by atomic mass is 28.4. The molecule has 26 heavy (non-hydrogen) atoms. The summed E-state index contributed by atoms with van der Waals surface area (Å²) in [5.41, 5.74) is 2.75. The Morgan fingerprint density at radius 2 is 1.73 bits per heavy atom. The van der Waals surface area contributed by atoms with Crippen LogP contribution in [0.15, 0.2) is 42.5 Å². The van der Waals surface area contributed by atoms with Gasteiger partial charge in [-0.1, -0.05) is 39.0 Å². The molecule has 0 aliphatic carbocycles. The van der Waals surface area contributed by atoms with Gasteiger partial charge >= 0.3 is 0 Å². The molecule has 1 aliphatic heterocycles. The summed E-state index contributed by atoms with van der Waals surface area (Å²) in [4.78, 5) is 12.9. The van der Waals surface area contributed by atoms with E-state index in [1.54, 1.807) is 0 Å². The lowest BCUT2D eigenvalue weighted by Gasteiger charge is -2.36. The molecule has 3 nitrogen and oxygen atoms in total. The first-order chi connectivity index (χ1) is 12.1. The molecule has 0 radical (unpaired) electrons. The van der Waals surface area contributed by atoms with Crippen molar-refractivity contribution in [1.82, 2.24) is 0 Å². The third kappa shape index (κ3) is 3.56. The first-order valence-corrected chi connectivity index (χ1v) is 12.1. The fourth-order valence-corrected chi connectivity index (χ4v) is 3.88. The van der Waals surface area contributed by atoms with E-state index < -0.39 is 8.32 Å². The van der Waals surface area contributed by atoms with Gasteiger partial charge in [-0.3, -0.25) is 4.79 Å². The fourth-order valence-electron chi connectivity index (χ4n) is 2.85. The topological polar surface area (TPSA) is 35.5 Å². The molecule has 0 aromatic heterocycles. The minimum absolute atomic E-state index is 0.129. The minimum Gasteiger partial charge on any atom is -0.544 e. The summed E-state index contributed by atoms with van der Waals surface area (Å²) in [5.74, 6) is 1.45. The average molecular weight is 369 g/mol. The number of carbonyl (C=O) groups is 1. The summed E-state index contributed by atoms with van der Waals surface area (Å²) in [7, 11) is -1.86. The first-order valence-electron chi connectivity index (χ1n) is 9.15. The van der Waals surface area contributed by atoms with Crippen LogP contribution in [0, 0.1) is 6.92 Å². The van der Waals surface area contributed by atoms with Crippen molar-refractivity contribution in [3.8, 4) is 11.5 Å². The fraction of sp³-hybridized carbons (Fsp3) is 0.409. The summed E-state index contributed by atoms with van der Waals surface area (Å²) in [6.07, 6.45) is 0. The van der Waals surface area contributed by atoms with Crippen molar-refractivity contribution in [2.75, 3.05) is 6.61 Å². The van der Waals surface area contributed by atoms with Crippen LogP contribution in [0.3, 0.4) is 0 Å². The Bertz CT molecular complexity index is 816. The van der Waals surface area contributed by atoms with Crippen LogP contribution in [0.5, 0.6) is 11.5 Å². The molecule has 0 saturated heterocycles. The lowest BCUT2D eigenvalue weighted by atomic mass is 9.88. The Balaban J connectivity index is 1.79. The molecule has 0 saturated carbocycles. The minimum atomic E-state index is -1.86. The zero-order valence-corrected chi connectivity index (χ0v) is 17.6. The highest BCUT2D eigenvalue weighted by molar-refractivity contribution is 6.74. The standard InChI is InChI=1S/C22H28O3Si/c1-15-7-12-18-20(13-15)24-14-19(21(18)23)16-8-10-17(11-9-16)25-26(5,6)22(2,3)4/h7-13,19H,14H2,1-6H3. The molecule has 0 bridgehead atoms. The van der Waals surface area contributed by atoms with E-state index in [1.165, 1.54) is 0 Å². The van der Waals surface area contributed by atoms with Gasteiger partial charge in [0.25, 0.3) is 0 Å². The van der Waals surface area contributed by atoms with Gasteiger partial charge in [-0.05, 0) is 60.4 Å². The first kappa shape index (κ1) is 18.7. The molecule has 1 atom stereocenters. The molecular weight excluding hydrogens is 340 g/mol. The van der Waals surface area contributed by atoms with Crippen LogP contribution in [0.4, 0.5) is 0 Å². The number of hydrogen-bond donors (Lipinski definition) is 0. The van der Waals surface area contributed by atoms with E-state index in [9.17, 15) is 4.79 Å². The number of benzene rings is 2. The molecular formula is C22H28O3Si. The van der Waals surface area contributed by atoms with E-state index in [0.717, 1.165) is 16.9 Å². The summed E-state index contributed by atoms with van der Waals surface area (Å²) in [6, 6.07) is 13.7. The largest absolute Gasteiger partial charge is 0.544 e. The second-order valence-corrected chi connectivity index (χ2v) is 13.4. The molecule has 0 amide bonds. The van der Waals surface area contributed by atoms with E-state index in [4.69, 9.17) is 9.16 Å². The highest BCUT2D eigenvalue weighted by Crippen LogP contribution is 2.38. The van der Waals surface area contributed by atoms with Gasteiger partial charge in [0.05, 0.1) is 11.5 Å². The van der Waals surface area contributed by atoms with E-state index in [2.05, 4.69) is 33.9 Å². The molecule has 0 spiro atoms. The smallest absolute Gasteiger partial charge is 0.250 e. The number of Topliss-reactive ketones (excluding diaryl/α,β-unsaturated/α-hetero) is 1. The third-order valence-corrected chi connectivity index (χ3v) is 9.94. The van der Waals surface area contributed by atoms with Crippen molar-refractivity contribution in [2.45, 2.75) is 51.7 Å². The summed E-state index contributed by atoms with van der Waals surface area (Å²) < 4.78 is 12.2. The maximum Gasteiger partial charge on any atom is 0.250 e. The van der Waals surface area contributed by atoms with Crippen LogP contribution in [0.1, 0.15) is 48.2 Å². The number of fused-ring (bicyclic) bond motifs is 1. The van der Waals surface area contributed by atoms with Crippen molar-refractivity contribution < 1.29 is 14.0 Å². The lowest BCUT2D eigenvalue weighted by Crippen LogP contribution is -2.43. The van der Waals surface area contributed by atoms with Gasteiger partial charge in [-0.15, -0.1) is 0 Å². The van der Waals surface area contributed by atoms with Crippen LogP contribution in [-0.2, 0) is 0 Å². The van der Waals surface area contributed by atoms with Crippen LogP contribution in [-0.4, -0.2) is 20.7 Å². The highest BCUT2D eigenvalue weighted by Gasteiger charge is 2.39. The number of ether oxygens (including phenoxy) is 1. The number of rotatable bonds is 3. The number of ketones is 1.